The molecule has 0 radical (unpaired) electrons. The lowest BCUT2D eigenvalue weighted by molar-refractivity contribution is 0.669. The van der Waals surface area contributed by atoms with Crippen molar-refractivity contribution in [3.63, 3.8) is 0 Å². The van der Waals surface area contributed by atoms with Gasteiger partial charge in [-0.25, -0.2) is 0 Å². The fourth-order valence-electron chi connectivity index (χ4n) is 9.34. The van der Waals surface area contributed by atoms with Crippen LogP contribution in [0.2, 0.25) is 0 Å². The minimum absolute atomic E-state index is 0.894. The summed E-state index contributed by atoms with van der Waals surface area (Å²) in [6.07, 6.45) is 0. The summed E-state index contributed by atoms with van der Waals surface area (Å²) in [4.78, 5) is 2.39. The van der Waals surface area contributed by atoms with Crippen molar-refractivity contribution in [3.8, 4) is 55.6 Å². The Labute approximate surface area is 365 Å². The summed E-state index contributed by atoms with van der Waals surface area (Å²) in [5.41, 5.74) is 18.3. The van der Waals surface area contributed by atoms with Gasteiger partial charge in [0.2, 0.25) is 0 Å². The third-order valence-corrected chi connectivity index (χ3v) is 12.3. The lowest BCUT2D eigenvalue weighted by Crippen LogP contribution is -2.11. The lowest BCUT2D eigenvalue weighted by Gasteiger charge is -2.29. The second-order valence-electron chi connectivity index (χ2n) is 16.0. The molecule has 0 atom stereocenters. The number of furan rings is 2. The molecule has 12 rings (SSSR count). The summed E-state index contributed by atoms with van der Waals surface area (Å²) in [6, 6.07) is 84.2. The van der Waals surface area contributed by atoms with E-state index < -0.39 is 0 Å². The maximum atomic E-state index is 6.48. The molecule has 3 heteroatoms. The van der Waals surface area contributed by atoms with Gasteiger partial charge in [-0.3, -0.25) is 0 Å². The number of fused-ring (bicyclic) bond motifs is 6. The van der Waals surface area contributed by atoms with Crippen LogP contribution in [0.25, 0.3) is 99.5 Å². The molecule has 10 aromatic carbocycles. The molecule has 0 saturated heterocycles. The molecule has 0 saturated carbocycles. The topological polar surface area (TPSA) is 29.5 Å². The van der Waals surface area contributed by atoms with Crippen LogP contribution >= 0.6 is 0 Å². The van der Waals surface area contributed by atoms with Crippen molar-refractivity contribution >= 4 is 60.9 Å². The van der Waals surface area contributed by atoms with Crippen LogP contribution in [-0.4, -0.2) is 0 Å². The zero-order valence-corrected chi connectivity index (χ0v) is 34.3. The molecule has 0 amide bonds. The minimum Gasteiger partial charge on any atom is -0.456 e. The molecule has 2 aromatic heterocycles. The highest BCUT2D eigenvalue weighted by Crippen LogP contribution is 2.46. The summed E-state index contributed by atoms with van der Waals surface area (Å²) in [5.74, 6) is 0. The van der Waals surface area contributed by atoms with E-state index in [0.717, 1.165) is 94.3 Å². The van der Waals surface area contributed by atoms with Gasteiger partial charge in [-0.2, -0.15) is 0 Å². The first-order chi connectivity index (χ1) is 31.2. The van der Waals surface area contributed by atoms with Gasteiger partial charge >= 0.3 is 0 Å². The van der Waals surface area contributed by atoms with E-state index in [2.05, 4.69) is 217 Å². The molecule has 0 bridgehead atoms. The maximum Gasteiger partial charge on any atom is 0.143 e. The summed E-state index contributed by atoms with van der Waals surface area (Å²) >= 11 is 0. The summed E-state index contributed by atoms with van der Waals surface area (Å²) in [7, 11) is 0. The third kappa shape index (κ3) is 6.38. The molecule has 0 aliphatic rings. The second-order valence-corrected chi connectivity index (χ2v) is 16.0. The fourth-order valence-corrected chi connectivity index (χ4v) is 9.34. The van der Waals surface area contributed by atoms with Crippen LogP contribution in [0.4, 0.5) is 17.1 Å². The van der Waals surface area contributed by atoms with Gasteiger partial charge in [-0.1, -0.05) is 182 Å². The maximum absolute atomic E-state index is 6.48. The van der Waals surface area contributed by atoms with Crippen molar-refractivity contribution in [3.05, 3.63) is 237 Å². The number of para-hydroxylation sites is 4. The van der Waals surface area contributed by atoms with Crippen LogP contribution in [0.3, 0.4) is 0 Å². The molecular weight excluding hydrogens is 767 g/mol. The Kier molecular flexibility index (Phi) is 8.83. The Morgan fingerprint density at radius 3 is 1.43 bits per heavy atom. The van der Waals surface area contributed by atoms with Crippen molar-refractivity contribution < 1.29 is 8.83 Å². The van der Waals surface area contributed by atoms with Gasteiger partial charge in [0.05, 0.1) is 5.69 Å². The van der Waals surface area contributed by atoms with E-state index in [1.165, 1.54) is 22.3 Å². The number of benzene rings is 10. The van der Waals surface area contributed by atoms with E-state index in [-0.39, 0.29) is 0 Å². The van der Waals surface area contributed by atoms with Crippen molar-refractivity contribution in [1.82, 2.24) is 0 Å². The first kappa shape index (κ1) is 36.5. The van der Waals surface area contributed by atoms with Crippen LogP contribution in [-0.2, 0) is 0 Å². The number of nitrogens with zero attached hydrogens (tertiary/aromatic N) is 1. The monoisotopic (exact) mass is 805 g/mol. The molecular formula is C60H39NO2. The quantitative estimate of drug-likeness (QED) is 0.153. The first-order valence-electron chi connectivity index (χ1n) is 21.4. The largest absolute Gasteiger partial charge is 0.456 e. The molecule has 0 N–H and O–H groups in total. The van der Waals surface area contributed by atoms with E-state index in [9.17, 15) is 0 Å². The number of rotatable bonds is 8. The predicted molar refractivity (Wildman–Crippen MR) is 263 cm³/mol. The van der Waals surface area contributed by atoms with Crippen LogP contribution in [0.1, 0.15) is 0 Å². The summed E-state index contributed by atoms with van der Waals surface area (Å²) in [6.45, 7) is 0. The molecule has 296 valence electrons. The normalized spacial score (nSPS) is 11.5. The average Bonchev–Trinajstić information content (AvgIpc) is 3.93. The van der Waals surface area contributed by atoms with Crippen LogP contribution in [0.5, 0.6) is 0 Å². The molecule has 0 spiro atoms. The van der Waals surface area contributed by atoms with E-state index in [0.29, 0.717) is 0 Å². The molecule has 0 unspecified atom stereocenters. The highest BCUT2D eigenvalue weighted by Gasteiger charge is 2.21. The van der Waals surface area contributed by atoms with Crippen molar-refractivity contribution in [2.24, 2.45) is 0 Å². The molecule has 12 aromatic rings. The first-order valence-corrected chi connectivity index (χ1v) is 21.4. The van der Waals surface area contributed by atoms with Crippen molar-refractivity contribution in [2.75, 3.05) is 4.90 Å². The Hall–Kier alpha value is -8.40. The van der Waals surface area contributed by atoms with Gasteiger partial charge in [0.25, 0.3) is 0 Å². The van der Waals surface area contributed by atoms with Gasteiger partial charge in [0, 0.05) is 44.0 Å². The standard InChI is InChI=1S/C60H39NO2/c1-2-15-41(16-3-1)46-17-4-5-18-48(46)49-19-6-7-20-50(49)51-21-8-11-26-56(51)61(44-34-29-40(30-35-44)43-33-38-59-55(39-43)53-23-10-12-27-57(53)62-59)45-36-31-42(32-37-45)47-24-14-25-54-52-22-9-13-28-58(52)63-60(47)54/h1-39H. The van der Waals surface area contributed by atoms with Gasteiger partial charge in [-0.15, -0.1) is 0 Å². The average molecular weight is 806 g/mol. The van der Waals surface area contributed by atoms with Crippen LogP contribution in [0.15, 0.2) is 245 Å². The Morgan fingerprint density at radius 1 is 0.254 bits per heavy atom. The van der Waals surface area contributed by atoms with E-state index >= 15 is 0 Å². The Morgan fingerprint density at radius 2 is 0.714 bits per heavy atom. The van der Waals surface area contributed by atoms with Gasteiger partial charge in [-0.05, 0) is 99.1 Å². The SMILES string of the molecule is c1ccc(-c2ccccc2-c2ccccc2-c2ccccc2N(c2ccc(-c3ccc4oc5ccccc5c4c3)cc2)c2ccc(-c3cccc4c3oc3ccccc34)cc2)cc1. The highest BCUT2D eigenvalue weighted by molar-refractivity contribution is 6.10. The molecule has 0 aliphatic carbocycles. The van der Waals surface area contributed by atoms with Gasteiger partial charge in [0.15, 0.2) is 0 Å². The number of anilines is 3. The van der Waals surface area contributed by atoms with E-state index in [1.807, 2.05) is 24.3 Å². The summed E-state index contributed by atoms with van der Waals surface area (Å²) < 4.78 is 12.6. The molecule has 0 fully saturated rings. The Balaban J connectivity index is 1.00. The fraction of sp³-hybridized carbons (Fsp3) is 0. The van der Waals surface area contributed by atoms with Gasteiger partial charge < -0.3 is 13.7 Å². The number of hydrogen-bond donors (Lipinski definition) is 0. The van der Waals surface area contributed by atoms with E-state index in [1.54, 1.807) is 0 Å². The van der Waals surface area contributed by atoms with E-state index in [4.69, 9.17) is 8.83 Å². The van der Waals surface area contributed by atoms with Crippen molar-refractivity contribution in [1.29, 1.82) is 0 Å². The second kappa shape index (κ2) is 15.3. The van der Waals surface area contributed by atoms with Crippen LogP contribution in [0, 0.1) is 0 Å². The third-order valence-electron chi connectivity index (χ3n) is 12.3. The van der Waals surface area contributed by atoms with Crippen molar-refractivity contribution in [2.45, 2.75) is 0 Å². The zero-order chi connectivity index (χ0) is 41.7. The molecule has 0 aliphatic heterocycles. The lowest BCUT2D eigenvalue weighted by atomic mass is 9.88. The van der Waals surface area contributed by atoms with Gasteiger partial charge in [0.1, 0.15) is 22.3 Å². The number of hydrogen-bond acceptors (Lipinski definition) is 3. The zero-order valence-electron chi connectivity index (χ0n) is 34.3. The Bertz CT molecular complexity index is 3620. The predicted octanol–water partition coefficient (Wildman–Crippen LogP) is 17.3. The smallest absolute Gasteiger partial charge is 0.143 e. The molecule has 3 nitrogen and oxygen atoms in total. The highest BCUT2D eigenvalue weighted by atomic mass is 16.3. The molecule has 63 heavy (non-hydrogen) atoms. The molecule has 2 heterocycles. The minimum atomic E-state index is 0.894. The summed E-state index contributed by atoms with van der Waals surface area (Å²) in [5, 5.41) is 4.49. The van der Waals surface area contributed by atoms with Crippen LogP contribution < -0.4 is 4.90 Å².